The highest BCUT2D eigenvalue weighted by Gasteiger charge is 2.27. The summed E-state index contributed by atoms with van der Waals surface area (Å²) in [5.41, 5.74) is -0.383. The maximum Gasteiger partial charge on any atom is 0.411 e. The minimum Gasteiger partial charge on any atom is -0.372 e. The topological polar surface area (TPSA) is 44.1 Å². The van der Waals surface area contributed by atoms with E-state index in [4.69, 9.17) is 11.6 Å². The monoisotopic (exact) mass is 348 g/mol. The Morgan fingerprint density at radius 2 is 2.17 bits per heavy atom. The first-order chi connectivity index (χ1) is 8.31. The maximum atomic E-state index is 11.8. The second-order valence-electron chi connectivity index (χ2n) is 3.37. The molecular weight excluding hydrogens is 340 g/mol. The molecule has 102 valence electrons. The third kappa shape index (κ3) is 4.95. The van der Waals surface area contributed by atoms with E-state index in [1.165, 1.54) is 10.9 Å². The van der Waals surface area contributed by atoms with Crippen molar-refractivity contribution in [1.82, 2.24) is 9.55 Å². The van der Waals surface area contributed by atoms with Crippen LogP contribution >= 0.6 is 27.5 Å². The summed E-state index contributed by atoms with van der Waals surface area (Å²) < 4.78 is 41.1. The lowest BCUT2D eigenvalue weighted by Gasteiger charge is -2.08. The van der Waals surface area contributed by atoms with E-state index in [-0.39, 0.29) is 34.8 Å². The van der Waals surface area contributed by atoms with Crippen molar-refractivity contribution in [3.63, 3.8) is 0 Å². The molecule has 4 nitrogen and oxygen atoms in total. The van der Waals surface area contributed by atoms with Crippen LogP contribution in [-0.2, 0) is 11.3 Å². The van der Waals surface area contributed by atoms with Gasteiger partial charge in [-0.3, -0.25) is 9.36 Å². The van der Waals surface area contributed by atoms with Gasteiger partial charge in [-0.25, -0.2) is 4.98 Å². The van der Waals surface area contributed by atoms with E-state index < -0.39 is 12.8 Å². The van der Waals surface area contributed by atoms with Crippen LogP contribution in [0.2, 0.25) is 5.15 Å². The van der Waals surface area contributed by atoms with E-state index in [1.54, 1.807) is 0 Å². The van der Waals surface area contributed by atoms with Crippen LogP contribution in [0.25, 0.3) is 0 Å². The molecule has 0 N–H and O–H groups in total. The Hall–Kier alpha value is -0.600. The number of rotatable bonds is 5. The van der Waals surface area contributed by atoms with Crippen molar-refractivity contribution in [1.29, 1.82) is 0 Å². The highest BCUT2D eigenvalue weighted by molar-refractivity contribution is 9.10. The zero-order chi connectivity index (χ0) is 13.8. The largest absolute Gasteiger partial charge is 0.411 e. The molecule has 0 spiro atoms. The smallest absolute Gasteiger partial charge is 0.372 e. The summed E-state index contributed by atoms with van der Waals surface area (Å²) in [6.45, 7) is -1.17. The zero-order valence-electron chi connectivity index (χ0n) is 9.01. The molecule has 0 aliphatic heterocycles. The lowest BCUT2D eigenvalue weighted by atomic mass is 10.4. The summed E-state index contributed by atoms with van der Waals surface area (Å²) in [5, 5.41) is 0.0459. The molecule has 0 amide bonds. The van der Waals surface area contributed by atoms with Gasteiger partial charge in [0.2, 0.25) is 0 Å². The second kappa shape index (κ2) is 6.53. The van der Waals surface area contributed by atoms with Crippen LogP contribution in [-0.4, -0.2) is 28.9 Å². The van der Waals surface area contributed by atoms with E-state index in [9.17, 15) is 18.0 Å². The third-order valence-corrected chi connectivity index (χ3v) is 3.12. The summed E-state index contributed by atoms with van der Waals surface area (Å²) in [4.78, 5) is 15.3. The fourth-order valence-electron chi connectivity index (χ4n) is 1.13. The van der Waals surface area contributed by atoms with Gasteiger partial charge in [-0.2, -0.15) is 13.2 Å². The fraction of sp³-hybridized carbons (Fsp3) is 0.556. The predicted molar refractivity (Wildman–Crippen MR) is 62.7 cm³/mol. The lowest BCUT2D eigenvalue weighted by molar-refractivity contribution is -0.174. The Balaban J connectivity index is 2.41. The van der Waals surface area contributed by atoms with Crippen LogP contribution in [0.1, 0.15) is 6.42 Å². The number of alkyl halides is 3. The number of aromatic nitrogens is 2. The van der Waals surface area contributed by atoms with Crippen molar-refractivity contribution in [3.05, 3.63) is 26.3 Å². The molecule has 0 bridgehead atoms. The van der Waals surface area contributed by atoms with Crippen molar-refractivity contribution in [3.8, 4) is 0 Å². The van der Waals surface area contributed by atoms with Crippen LogP contribution in [0.3, 0.4) is 0 Å². The molecule has 0 fully saturated rings. The molecule has 0 atom stereocenters. The Bertz CT molecular complexity index is 464. The number of nitrogens with zero attached hydrogens (tertiary/aromatic N) is 2. The molecule has 0 saturated heterocycles. The quantitative estimate of drug-likeness (QED) is 0.606. The SMILES string of the molecule is O=c1c(Br)c(Cl)ncn1CCCOCC(F)(F)F. The van der Waals surface area contributed by atoms with Gasteiger partial charge < -0.3 is 4.74 Å². The van der Waals surface area contributed by atoms with Gasteiger partial charge in [-0.05, 0) is 22.4 Å². The number of hydrogen-bond donors (Lipinski definition) is 0. The summed E-state index contributed by atoms with van der Waals surface area (Å²) in [6.07, 6.45) is -2.83. The molecule has 1 rings (SSSR count). The highest BCUT2D eigenvalue weighted by Crippen LogP contribution is 2.15. The van der Waals surface area contributed by atoms with Crippen molar-refractivity contribution < 1.29 is 17.9 Å². The molecule has 1 heterocycles. The van der Waals surface area contributed by atoms with Crippen LogP contribution in [0.4, 0.5) is 13.2 Å². The van der Waals surface area contributed by atoms with Crippen LogP contribution in [0.15, 0.2) is 15.6 Å². The minimum absolute atomic E-state index is 0.0459. The molecule has 0 unspecified atom stereocenters. The first-order valence-corrected chi connectivity index (χ1v) is 6.03. The van der Waals surface area contributed by atoms with Crippen LogP contribution in [0, 0.1) is 0 Å². The summed E-state index contributed by atoms with van der Waals surface area (Å²) >= 11 is 8.57. The van der Waals surface area contributed by atoms with Crippen molar-refractivity contribution in [2.24, 2.45) is 0 Å². The summed E-state index contributed by atoms with van der Waals surface area (Å²) in [5.74, 6) is 0. The van der Waals surface area contributed by atoms with Crippen molar-refractivity contribution >= 4 is 27.5 Å². The third-order valence-electron chi connectivity index (χ3n) is 1.89. The number of aryl methyl sites for hydroxylation is 1. The van der Waals surface area contributed by atoms with E-state index >= 15 is 0 Å². The van der Waals surface area contributed by atoms with Gasteiger partial charge in [0.25, 0.3) is 5.56 Å². The van der Waals surface area contributed by atoms with Gasteiger partial charge in [-0.1, -0.05) is 11.6 Å². The van der Waals surface area contributed by atoms with E-state index in [0.717, 1.165) is 0 Å². The van der Waals surface area contributed by atoms with Gasteiger partial charge in [0, 0.05) is 13.2 Å². The molecular formula is C9H9BrClF3N2O2. The molecule has 18 heavy (non-hydrogen) atoms. The van der Waals surface area contributed by atoms with Gasteiger partial charge in [-0.15, -0.1) is 0 Å². The van der Waals surface area contributed by atoms with Crippen LogP contribution < -0.4 is 5.56 Å². The van der Waals surface area contributed by atoms with E-state index in [2.05, 4.69) is 25.7 Å². The van der Waals surface area contributed by atoms with Crippen molar-refractivity contribution in [2.75, 3.05) is 13.2 Å². The van der Waals surface area contributed by atoms with Gasteiger partial charge in [0.15, 0.2) is 5.15 Å². The molecule has 0 aromatic carbocycles. The molecule has 9 heteroatoms. The predicted octanol–water partition coefficient (Wildman–Crippen LogP) is 2.63. The van der Waals surface area contributed by atoms with Crippen LogP contribution in [0.5, 0.6) is 0 Å². The van der Waals surface area contributed by atoms with Gasteiger partial charge in [0.1, 0.15) is 11.1 Å². The highest BCUT2D eigenvalue weighted by atomic mass is 79.9. The molecule has 0 aliphatic carbocycles. The van der Waals surface area contributed by atoms with E-state index in [0.29, 0.717) is 0 Å². The summed E-state index contributed by atoms with van der Waals surface area (Å²) in [6, 6.07) is 0. The first-order valence-electron chi connectivity index (χ1n) is 4.86. The van der Waals surface area contributed by atoms with Crippen molar-refractivity contribution in [2.45, 2.75) is 19.1 Å². The number of ether oxygens (including phenoxy) is 1. The molecule has 1 aromatic heterocycles. The Morgan fingerprint density at radius 1 is 1.50 bits per heavy atom. The van der Waals surface area contributed by atoms with E-state index in [1.807, 2.05) is 0 Å². The average Bonchev–Trinajstić information content (AvgIpc) is 2.27. The Kier molecular flexibility index (Phi) is 5.61. The summed E-state index contributed by atoms with van der Waals surface area (Å²) in [7, 11) is 0. The van der Waals surface area contributed by atoms with Gasteiger partial charge >= 0.3 is 6.18 Å². The zero-order valence-corrected chi connectivity index (χ0v) is 11.3. The van der Waals surface area contributed by atoms with Gasteiger partial charge in [0.05, 0.1) is 6.33 Å². The fourth-order valence-corrected chi connectivity index (χ4v) is 1.58. The average molecular weight is 350 g/mol. The molecule has 0 radical (unpaired) electrons. The Labute approximate surface area is 114 Å². The standard InChI is InChI=1S/C9H9BrClF3N2O2/c10-6-7(11)15-5-16(8(6)17)2-1-3-18-4-9(12,13)14/h5H,1-4H2. The second-order valence-corrected chi connectivity index (χ2v) is 4.52. The molecule has 1 aromatic rings. The number of halogens is 5. The normalized spacial score (nSPS) is 11.8. The molecule has 0 saturated carbocycles. The molecule has 0 aliphatic rings. The number of hydrogen-bond acceptors (Lipinski definition) is 3. The lowest BCUT2D eigenvalue weighted by Crippen LogP contribution is -2.23. The Morgan fingerprint density at radius 3 is 2.78 bits per heavy atom. The first kappa shape index (κ1) is 15.5. The maximum absolute atomic E-state index is 11.8. The minimum atomic E-state index is -4.33.